The van der Waals surface area contributed by atoms with Gasteiger partial charge in [-0.25, -0.2) is 0 Å². The molecule has 0 unspecified atom stereocenters. The molecular formula is C2H3O3Rh-. The van der Waals surface area contributed by atoms with Gasteiger partial charge in [0.15, 0.2) is 0 Å². The average Bonchev–Trinajstić information content (AvgIpc) is 1.46. The molecular weight excluding hydrogens is 175 g/mol. The summed E-state index contributed by atoms with van der Waals surface area (Å²) in [5.74, 6) is 0. The number of carbonyl (C=O) groups is 1. The van der Waals surface area contributed by atoms with E-state index in [1.165, 1.54) is 0 Å². The molecule has 0 saturated heterocycles. The van der Waals surface area contributed by atoms with Crippen molar-refractivity contribution in [3.63, 3.8) is 0 Å². The van der Waals surface area contributed by atoms with E-state index >= 15 is 0 Å². The summed E-state index contributed by atoms with van der Waals surface area (Å²) in [7, 11) is 0. The van der Waals surface area contributed by atoms with E-state index in [0.717, 1.165) is 0 Å². The molecule has 0 aliphatic carbocycles. The number of aliphatic hydroxyl groups excluding tert-OH is 1. The molecule has 1 radical (unpaired) electrons. The van der Waals surface area contributed by atoms with Crippen LogP contribution in [0.4, 0.5) is 0 Å². The molecule has 1 N–H and O–H groups in total. The van der Waals surface area contributed by atoms with E-state index in [1.807, 2.05) is 6.79 Å². The SMILES string of the molecule is C=O.O=[C-]O.[Rh]. The van der Waals surface area contributed by atoms with Crippen molar-refractivity contribution in [2.75, 3.05) is 0 Å². The van der Waals surface area contributed by atoms with Crippen molar-refractivity contribution in [1.29, 1.82) is 0 Å². The molecule has 0 spiro atoms. The van der Waals surface area contributed by atoms with Gasteiger partial charge in [-0.15, -0.1) is 0 Å². The van der Waals surface area contributed by atoms with Crippen molar-refractivity contribution < 1.29 is 34.2 Å². The molecule has 0 fully saturated rings. The van der Waals surface area contributed by atoms with Gasteiger partial charge in [0.05, 0.1) is 0 Å². The molecule has 0 rings (SSSR count). The zero-order valence-corrected chi connectivity index (χ0v) is 4.44. The molecule has 3 nitrogen and oxygen atoms in total. The Labute approximate surface area is 48.1 Å². The molecule has 0 saturated carbocycles. The van der Waals surface area contributed by atoms with Crippen LogP contribution >= 0.6 is 0 Å². The minimum absolute atomic E-state index is 0. The predicted molar refractivity (Wildman–Crippen MR) is 15.4 cm³/mol. The fraction of sp³-hybridized carbons (Fsp3) is 0. The molecule has 6 heavy (non-hydrogen) atoms. The Hall–Kier alpha value is -0.237. The number of hydrogen-bond donors (Lipinski definition) is 1. The summed E-state index contributed by atoms with van der Waals surface area (Å²) in [4.78, 5) is 16.2. The third-order valence-electron chi connectivity index (χ3n) is 0. The van der Waals surface area contributed by atoms with E-state index in [2.05, 4.69) is 0 Å². The van der Waals surface area contributed by atoms with Gasteiger partial charge in [-0.1, -0.05) is 6.47 Å². The molecule has 4 heteroatoms. The Morgan fingerprint density at radius 2 is 1.50 bits per heavy atom. The Bertz CT molecular complexity index is 22.8. The van der Waals surface area contributed by atoms with Crippen LogP contribution in [0.25, 0.3) is 0 Å². The summed E-state index contributed by atoms with van der Waals surface area (Å²) in [6.07, 6.45) is 0. The Balaban J connectivity index is -0.0000000275. The topological polar surface area (TPSA) is 54.4 Å². The van der Waals surface area contributed by atoms with Crippen LogP contribution in [0.1, 0.15) is 0 Å². The summed E-state index contributed by atoms with van der Waals surface area (Å²) < 4.78 is 0. The molecule has 0 heterocycles. The van der Waals surface area contributed by atoms with Crippen molar-refractivity contribution >= 4 is 13.3 Å². The fourth-order valence-electron chi connectivity index (χ4n) is 0. The van der Waals surface area contributed by atoms with Crippen LogP contribution in [-0.2, 0) is 29.1 Å². The molecule has 0 aromatic rings. The Kier molecular flexibility index (Phi) is 330. The molecule has 0 aromatic carbocycles. The standard InChI is InChI=1S/CHO2.CH2O.Rh/c2-1-3;1-2;/h(H,2,3);1H2;/q-1;;. The van der Waals surface area contributed by atoms with Gasteiger partial charge in [-0.05, 0) is 0 Å². The van der Waals surface area contributed by atoms with Crippen LogP contribution in [0, 0.1) is 0 Å². The van der Waals surface area contributed by atoms with Gasteiger partial charge in [-0.2, -0.15) is 0 Å². The van der Waals surface area contributed by atoms with Crippen molar-refractivity contribution in [3.05, 3.63) is 0 Å². The quantitative estimate of drug-likeness (QED) is 0.399. The maximum atomic E-state index is 8.24. The maximum absolute atomic E-state index is 8.24. The molecule has 0 bridgehead atoms. The average molecular weight is 178 g/mol. The summed E-state index contributed by atoms with van der Waals surface area (Å²) in [6, 6.07) is 0. The smallest absolute Gasteiger partial charge is 0.106 e. The van der Waals surface area contributed by atoms with Gasteiger partial charge in [0.25, 0.3) is 0 Å². The fourth-order valence-corrected chi connectivity index (χ4v) is 0. The summed E-state index contributed by atoms with van der Waals surface area (Å²) >= 11 is 0. The van der Waals surface area contributed by atoms with Crippen LogP contribution < -0.4 is 0 Å². The van der Waals surface area contributed by atoms with Gasteiger partial charge in [0, 0.05) is 19.5 Å². The van der Waals surface area contributed by atoms with E-state index in [1.54, 1.807) is 0 Å². The van der Waals surface area contributed by atoms with Gasteiger partial charge in [-0.3, -0.25) is 0 Å². The number of carbonyl (C=O) groups excluding carboxylic acids is 1. The van der Waals surface area contributed by atoms with Crippen LogP contribution in [0.15, 0.2) is 0 Å². The Morgan fingerprint density at radius 3 is 1.50 bits per heavy atom. The monoisotopic (exact) mass is 178 g/mol. The first-order chi connectivity index (χ1) is 2.41. The minimum Gasteiger partial charge on any atom is -0.665 e. The van der Waals surface area contributed by atoms with Gasteiger partial charge >= 0.3 is 0 Å². The Morgan fingerprint density at radius 1 is 1.50 bits per heavy atom. The van der Waals surface area contributed by atoms with Crippen molar-refractivity contribution in [3.8, 4) is 0 Å². The maximum Gasteiger partial charge on any atom is 0.106 e. The van der Waals surface area contributed by atoms with Gasteiger partial charge < -0.3 is 14.7 Å². The van der Waals surface area contributed by atoms with E-state index in [9.17, 15) is 0 Å². The second-order valence-electron chi connectivity index (χ2n) is 0.0913. The van der Waals surface area contributed by atoms with Crippen molar-refractivity contribution in [2.24, 2.45) is 0 Å². The number of hydrogen-bond acceptors (Lipinski definition) is 2. The zero-order valence-electron chi connectivity index (χ0n) is 2.80. The molecule has 0 aromatic heterocycles. The summed E-state index contributed by atoms with van der Waals surface area (Å²) in [6.45, 7) is 2.50. The molecule has 0 atom stereocenters. The number of rotatable bonds is 0. The van der Waals surface area contributed by atoms with Gasteiger partial charge in [0.2, 0.25) is 0 Å². The van der Waals surface area contributed by atoms with E-state index in [-0.39, 0.29) is 19.5 Å². The predicted octanol–water partition coefficient (Wildman–Crippen LogP) is -0.576. The van der Waals surface area contributed by atoms with E-state index in [0.29, 0.717) is 6.47 Å². The molecule has 0 aliphatic heterocycles. The van der Waals surface area contributed by atoms with E-state index in [4.69, 9.17) is 14.7 Å². The van der Waals surface area contributed by atoms with Crippen LogP contribution in [-0.4, -0.2) is 18.4 Å². The van der Waals surface area contributed by atoms with E-state index < -0.39 is 0 Å². The first-order valence-corrected chi connectivity index (χ1v) is 0.716. The normalized spacial score (nSPS) is 2.67. The summed E-state index contributed by atoms with van der Waals surface area (Å²) in [5.41, 5.74) is 0. The second kappa shape index (κ2) is 116. The molecule has 0 amide bonds. The minimum atomic E-state index is 0. The first kappa shape index (κ1) is 17.1. The third kappa shape index (κ3) is 513. The first-order valence-electron chi connectivity index (χ1n) is 0.716. The van der Waals surface area contributed by atoms with Crippen molar-refractivity contribution in [1.82, 2.24) is 0 Å². The molecule has 39 valence electrons. The van der Waals surface area contributed by atoms with Crippen LogP contribution in [0.3, 0.4) is 0 Å². The second-order valence-corrected chi connectivity index (χ2v) is 0.0913. The molecule has 0 aliphatic rings. The van der Waals surface area contributed by atoms with Crippen molar-refractivity contribution in [2.45, 2.75) is 0 Å². The summed E-state index contributed by atoms with van der Waals surface area (Å²) in [5, 5.41) is 6.76. The third-order valence-corrected chi connectivity index (χ3v) is 0. The zero-order chi connectivity index (χ0) is 4.71. The largest absolute Gasteiger partial charge is 0.665 e. The van der Waals surface area contributed by atoms with Gasteiger partial charge in [0.1, 0.15) is 6.79 Å². The van der Waals surface area contributed by atoms with Crippen LogP contribution in [0.2, 0.25) is 0 Å². The van der Waals surface area contributed by atoms with Crippen LogP contribution in [0.5, 0.6) is 0 Å².